The van der Waals surface area contributed by atoms with Crippen LogP contribution in [-0.4, -0.2) is 57.9 Å². The van der Waals surface area contributed by atoms with Crippen LogP contribution in [0.1, 0.15) is 26.2 Å². The Morgan fingerprint density at radius 2 is 2.06 bits per heavy atom. The first-order chi connectivity index (χ1) is 7.99. The lowest BCUT2D eigenvalue weighted by molar-refractivity contribution is -0.153. The number of carboxylic acid groups (broad SMARTS) is 1. The van der Waals surface area contributed by atoms with E-state index in [0.717, 1.165) is 6.42 Å². The van der Waals surface area contributed by atoms with E-state index in [1.807, 2.05) is 6.92 Å². The highest BCUT2D eigenvalue weighted by molar-refractivity contribution is 5.87. The van der Waals surface area contributed by atoms with Gasteiger partial charge >= 0.3 is 5.97 Å². The highest BCUT2D eigenvalue weighted by Gasteiger charge is 2.42. The molecule has 0 spiro atoms. The number of carbonyl (C=O) groups is 2. The Bertz CT molecular complexity index is 332. The summed E-state index contributed by atoms with van der Waals surface area (Å²) in [6.07, 6.45) is 0.281. The fourth-order valence-electron chi connectivity index (χ4n) is 2.46. The number of likely N-dealkylation sites (tertiary alicyclic amines) is 1. The smallest absolute Gasteiger partial charge is 0.326 e. The molecule has 0 aromatic rings. The Labute approximate surface area is 99.2 Å². The third-order valence-electron chi connectivity index (χ3n) is 3.35. The third-order valence-corrected chi connectivity index (χ3v) is 3.35. The zero-order valence-corrected chi connectivity index (χ0v) is 9.70. The lowest BCUT2D eigenvalue weighted by Crippen LogP contribution is -2.45. The van der Waals surface area contributed by atoms with Crippen molar-refractivity contribution in [3.8, 4) is 0 Å². The minimum absolute atomic E-state index is 0.0414. The van der Waals surface area contributed by atoms with Gasteiger partial charge in [-0.15, -0.1) is 0 Å². The SMILES string of the molecule is CC1CCC(C(=O)N2CC(O)CC2C(=O)O)O1. The molecule has 2 fully saturated rings. The predicted molar refractivity (Wildman–Crippen MR) is 57.3 cm³/mol. The van der Waals surface area contributed by atoms with Crippen LogP contribution < -0.4 is 0 Å². The summed E-state index contributed by atoms with van der Waals surface area (Å²) in [6, 6.07) is -0.919. The predicted octanol–water partition coefficient (Wildman–Crippen LogP) is -0.400. The van der Waals surface area contributed by atoms with E-state index in [1.165, 1.54) is 4.90 Å². The van der Waals surface area contributed by atoms with Crippen LogP contribution in [-0.2, 0) is 14.3 Å². The highest BCUT2D eigenvalue weighted by Crippen LogP contribution is 2.25. The first-order valence-electron chi connectivity index (χ1n) is 5.86. The minimum Gasteiger partial charge on any atom is -0.480 e. The van der Waals surface area contributed by atoms with Gasteiger partial charge in [0.1, 0.15) is 12.1 Å². The number of carbonyl (C=O) groups excluding carboxylic acids is 1. The first-order valence-corrected chi connectivity index (χ1v) is 5.86. The van der Waals surface area contributed by atoms with Crippen LogP contribution in [0.4, 0.5) is 0 Å². The van der Waals surface area contributed by atoms with Crippen LogP contribution in [0.25, 0.3) is 0 Å². The monoisotopic (exact) mass is 243 g/mol. The number of nitrogens with zero attached hydrogens (tertiary/aromatic N) is 1. The molecule has 0 bridgehead atoms. The Hall–Kier alpha value is -1.14. The second-order valence-corrected chi connectivity index (χ2v) is 4.75. The molecule has 0 saturated carbocycles. The number of ether oxygens (including phenoxy) is 1. The number of carboxylic acids is 1. The van der Waals surface area contributed by atoms with Gasteiger partial charge in [0.05, 0.1) is 12.2 Å². The molecule has 2 heterocycles. The highest BCUT2D eigenvalue weighted by atomic mass is 16.5. The molecule has 2 aliphatic rings. The van der Waals surface area contributed by atoms with Gasteiger partial charge in [-0.1, -0.05) is 0 Å². The van der Waals surface area contributed by atoms with Gasteiger partial charge in [0.2, 0.25) is 0 Å². The van der Waals surface area contributed by atoms with Crippen molar-refractivity contribution in [2.45, 2.75) is 50.5 Å². The summed E-state index contributed by atoms with van der Waals surface area (Å²) in [4.78, 5) is 24.3. The third kappa shape index (κ3) is 2.42. The van der Waals surface area contributed by atoms with Crippen LogP contribution in [0.5, 0.6) is 0 Å². The van der Waals surface area contributed by atoms with Gasteiger partial charge in [-0.05, 0) is 19.8 Å². The summed E-state index contributed by atoms with van der Waals surface area (Å²) in [5.74, 6) is -1.38. The van der Waals surface area contributed by atoms with E-state index >= 15 is 0 Å². The maximum atomic E-state index is 12.1. The number of aliphatic carboxylic acids is 1. The van der Waals surface area contributed by atoms with Crippen molar-refractivity contribution in [1.82, 2.24) is 4.90 Å². The van der Waals surface area contributed by atoms with E-state index < -0.39 is 24.2 Å². The molecule has 2 rings (SSSR count). The summed E-state index contributed by atoms with van der Waals surface area (Å²) in [6.45, 7) is 1.98. The van der Waals surface area contributed by atoms with E-state index in [4.69, 9.17) is 9.84 Å². The quantitative estimate of drug-likeness (QED) is 0.689. The van der Waals surface area contributed by atoms with E-state index in [0.29, 0.717) is 6.42 Å². The molecule has 1 amide bonds. The van der Waals surface area contributed by atoms with E-state index in [2.05, 4.69) is 0 Å². The molecule has 2 aliphatic heterocycles. The normalized spacial score (nSPS) is 37.4. The molecule has 0 radical (unpaired) electrons. The Morgan fingerprint density at radius 3 is 2.59 bits per heavy atom. The second kappa shape index (κ2) is 4.62. The van der Waals surface area contributed by atoms with Crippen LogP contribution in [0.3, 0.4) is 0 Å². The number of aliphatic hydroxyl groups excluding tert-OH is 1. The summed E-state index contributed by atoms with van der Waals surface area (Å²) >= 11 is 0. The molecular weight excluding hydrogens is 226 g/mol. The lowest BCUT2D eigenvalue weighted by atomic mass is 10.1. The van der Waals surface area contributed by atoms with Crippen molar-refractivity contribution in [2.75, 3.05) is 6.54 Å². The Morgan fingerprint density at radius 1 is 1.35 bits per heavy atom. The van der Waals surface area contributed by atoms with Gasteiger partial charge in [-0.2, -0.15) is 0 Å². The summed E-state index contributed by atoms with van der Waals surface area (Å²) < 4.78 is 5.43. The van der Waals surface area contributed by atoms with Gasteiger partial charge in [-0.25, -0.2) is 4.79 Å². The first kappa shape index (κ1) is 12.3. The largest absolute Gasteiger partial charge is 0.480 e. The maximum absolute atomic E-state index is 12.1. The van der Waals surface area contributed by atoms with E-state index in [1.54, 1.807) is 0 Å². The van der Waals surface area contributed by atoms with Crippen molar-refractivity contribution in [3.05, 3.63) is 0 Å². The number of β-amino-alcohol motifs (C(OH)–C–C–N with tert-alkyl or cyclic N) is 1. The van der Waals surface area contributed by atoms with Crippen molar-refractivity contribution >= 4 is 11.9 Å². The number of rotatable bonds is 2. The van der Waals surface area contributed by atoms with Crippen LogP contribution >= 0.6 is 0 Å². The second-order valence-electron chi connectivity index (χ2n) is 4.75. The fourth-order valence-corrected chi connectivity index (χ4v) is 2.46. The molecule has 2 saturated heterocycles. The van der Waals surface area contributed by atoms with E-state index in [9.17, 15) is 14.7 Å². The molecule has 6 nitrogen and oxygen atoms in total. The molecule has 0 aromatic heterocycles. The van der Waals surface area contributed by atoms with Crippen molar-refractivity contribution in [1.29, 1.82) is 0 Å². The van der Waals surface area contributed by atoms with Crippen LogP contribution in [0.15, 0.2) is 0 Å². The zero-order valence-electron chi connectivity index (χ0n) is 9.70. The summed E-state index contributed by atoms with van der Waals surface area (Å²) in [5, 5.41) is 18.5. The number of amides is 1. The average molecular weight is 243 g/mol. The van der Waals surface area contributed by atoms with Crippen molar-refractivity contribution < 1.29 is 24.5 Å². The molecule has 0 aliphatic carbocycles. The van der Waals surface area contributed by atoms with E-state index in [-0.39, 0.29) is 25.0 Å². The number of hydrogen-bond acceptors (Lipinski definition) is 4. The van der Waals surface area contributed by atoms with Crippen molar-refractivity contribution in [3.63, 3.8) is 0 Å². The van der Waals surface area contributed by atoms with Gasteiger partial charge in [-0.3, -0.25) is 4.79 Å². The van der Waals surface area contributed by atoms with Crippen LogP contribution in [0, 0.1) is 0 Å². The van der Waals surface area contributed by atoms with Gasteiger partial charge in [0.25, 0.3) is 5.91 Å². The molecule has 0 aromatic carbocycles. The molecule has 2 N–H and O–H groups in total. The molecule has 96 valence electrons. The van der Waals surface area contributed by atoms with Gasteiger partial charge in [0, 0.05) is 13.0 Å². The Balaban J connectivity index is 2.05. The zero-order chi connectivity index (χ0) is 12.6. The molecule has 6 heteroatoms. The molecular formula is C11H17NO5. The van der Waals surface area contributed by atoms with Gasteiger partial charge < -0.3 is 19.8 Å². The minimum atomic E-state index is -1.07. The standard InChI is InChI=1S/C11H17NO5/c1-6-2-3-9(17-6)10(14)12-5-7(13)4-8(12)11(15)16/h6-9,13H,2-5H2,1H3,(H,15,16). The topological polar surface area (TPSA) is 87.1 Å². The lowest BCUT2D eigenvalue weighted by Gasteiger charge is -2.24. The van der Waals surface area contributed by atoms with Crippen LogP contribution in [0.2, 0.25) is 0 Å². The summed E-state index contributed by atoms with van der Waals surface area (Å²) in [7, 11) is 0. The Kier molecular flexibility index (Phi) is 3.35. The number of aliphatic hydroxyl groups is 1. The fraction of sp³-hybridized carbons (Fsp3) is 0.818. The van der Waals surface area contributed by atoms with Crippen molar-refractivity contribution in [2.24, 2.45) is 0 Å². The molecule has 17 heavy (non-hydrogen) atoms. The molecule has 4 atom stereocenters. The summed E-state index contributed by atoms with van der Waals surface area (Å²) in [5.41, 5.74) is 0. The number of hydrogen-bond donors (Lipinski definition) is 2. The van der Waals surface area contributed by atoms with Gasteiger partial charge in [0.15, 0.2) is 0 Å². The molecule has 4 unspecified atom stereocenters. The average Bonchev–Trinajstić information content (AvgIpc) is 2.83. The maximum Gasteiger partial charge on any atom is 0.326 e.